The summed E-state index contributed by atoms with van der Waals surface area (Å²) in [5, 5.41) is 13.5. The molecule has 4 heteroatoms. The van der Waals surface area contributed by atoms with Crippen LogP contribution < -0.4 is 10.1 Å². The van der Waals surface area contributed by atoms with Gasteiger partial charge in [0.15, 0.2) is 0 Å². The highest BCUT2D eigenvalue weighted by Crippen LogP contribution is 2.42. The molecule has 1 heterocycles. The van der Waals surface area contributed by atoms with Crippen molar-refractivity contribution in [1.82, 2.24) is 5.32 Å². The van der Waals surface area contributed by atoms with Crippen molar-refractivity contribution in [3.05, 3.63) is 22.2 Å². The highest BCUT2D eigenvalue weighted by atomic mass is 35.5. The molecule has 1 aliphatic heterocycles. The molecule has 0 aromatic heterocycles. The Bertz CT molecular complexity index is 406. The van der Waals surface area contributed by atoms with Crippen LogP contribution in [0.4, 0.5) is 0 Å². The number of hydrogen-bond donors (Lipinski definition) is 2. The fraction of sp³-hybridized carbons (Fsp3) is 0.500. The summed E-state index contributed by atoms with van der Waals surface area (Å²) in [6.07, 6.45) is 1.66. The van der Waals surface area contributed by atoms with Gasteiger partial charge in [0.25, 0.3) is 0 Å². The third-order valence-electron chi connectivity index (χ3n) is 2.84. The van der Waals surface area contributed by atoms with Gasteiger partial charge in [0, 0.05) is 17.5 Å². The summed E-state index contributed by atoms with van der Waals surface area (Å²) in [6.45, 7) is 2.80. The van der Waals surface area contributed by atoms with Gasteiger partial charge in [-0.25, -0.2) is 0 Å². The standard InChI is InChI=1S/C12H16ClNO2/c1-7-5-9-10(16-7)6-8(3-4-14-2)12(15)11(9)13/h6-7,14-15H,3-5H2,1-2H3. The topological polar surface area (TPSA) is 41.5 Å². The van der Waals surface area contributed by atoms with Crippen LogP contribution in [-0.2, 0) is 12.8 Å². The van der Waals surface area contributed by atoms with E-state index in [2.05, 4.69) is 5.32 Å². The lowest BCUT2D eigenvalue weighted by molar-refractivity contribution is 0.254. The maximum Gasteiger partial charge on any atom is 0.137 e. The number of likely N-dealkylation sites (N-methyl/N-ethyl adjacent to an activating group) is 1. The lowest BCUT2D eigenvalue weighted by Crippen LogP contribution is -2.10. The van der Waals surface area contributed by atoms with Crippen molar-refractivity contribution in [2.75, 3.05) is 13.6 Å². The second-order valence-electron chi connectivity index (χ2n) is 4.16. The predicted octanol–water partition coefficient (Wildman–Crippen LogP) is 2.13. The first-order chi connectivity index (χ1) is 7.63. The maximum absolute atomic E-state index is 9.96. The number of phenolic OH excluding ortho intramolecular Hbond substituents is 1. The SMILES string of the molecule is CNCCc1cc2c(c(Cl)c1O)CC(C)O2. The Morgan fingerprint density at radius 3 is 3.06 bits per heavy atom. The second kappa shape index (κ2) is 4.52. The summed E-state index contributed by atoms with van der Waals surface area (Å²) in [6, 6.07) is 1.90. The molecule has 88 valence electrons. The molecule has 0 radical (unpaired) electrons. The average molecular weight is 242 g/mol. The van der Waals surface area contributed by atoms with Crippen molar-refractivity contribution in [2.24, 2.45) is 0 Å². The third-order valence-corrected chi connectivity index (χ3v) is 3.25. The van der Waals surface area contributed by atoms with E-state index >= 15 is 0 Å². The molecule has 1 aromatic carbocycles. The van der Waals surface area contributed by atoms with Gasteiger partial charge in [-0.2, -0.15) is 0 Å². The van der Waals surface area contributed by atoms with E-state index in [0.717, 1.165) is 36.3 Å². The number of phenols is 1. The highest BCUT2D eigenvalue weighted by molar-refractivity contribution is 6.33. The van der Waals surface area contributed by atoms with Crippen molar-refractivity contribution in [3.8, 4) is 11.5 Å². The molecule has 0 aliphatic carbocycles. The summed E-state index contributed by atoms with van der Waals surface area (Å²) in [7, 11) is 1.88. The summed E-state index contributed by atoms with van der Waals surface area (Å²) < 4.78 is 5.65. The zero-order chi connectivity index (χ0) is 11.7. The van der Waals surface area contributed by atoms with Gasteiger partial charge < -0.3 is 15.2 Å². The van der Waals surface area contributed by atoms with Gasteiger partial charge in [-0.3, -0.25) is 0 Å². The van der Waals surface area contributed by atoms with E-state index in [1.54, 1.807) is 0 Å². The molecule has 1 aromatic rings. The number of ether oxygens (including phenoxy) is 1. The number of hydrogen-bond acceptors (Lipinski definition) is 3. The summed E-state index contributed by atoms with van der Waals surface area (Å²) in [5.74, 6) is 1.02. The van der Waals surface area contributed by atoms with Crippen LogP contribution in [0, 0.1) is 0 Å². The molecule has 0 fully saturated rings. The average Bonchev–Trinajstić information content (AvgIpc) is 2.62. The zero-order valence-corrected chi connectivity index (χ0v) is 10.3. The van der Waals surface area contributed by atoms with Crippen LogP contribution >= 0.6 is 11.6 Å². The Kier molecular flexibility index (Phi) is 3.26. The summed E-state index contributed by atoms with van der Waals surface area (Å²) >= 11 is 6.14. The number of nitrogens with one attached hydrogen (secondary N) is 1. The van der Waals surface area contributed by atoms with Crippen molar-refractivity contribution >= 4 is 11.6 Å². The summed E-state index contributed by atoms with van der Waals surface area (Å²) in [5.41, 5.74) is 1.77. The van der Waals surface area contributed by atoms with Crippen molar-refractivity contribution < 1.29 is 9.84 Å². The van der Waals surface area contributed by atoms with Gasteiger partial charge in [-0.1, -0.05) is 11.6 Å². The second-order valence-corrected chi connectivity index (χ2v) is 4.54. The maximum atomic E-state index is 9.96. The monoisotopic (exact) mass is 241 g/mol. The highest BCUT2D eigenvalue weighted by Gasteiger charge is 2.25. The number of aromatic hydroxyl groups is 1. The Morgan fingerprint density at radius 2 is 2.38 bits per heavy atom. The van der Waals surface area contributed by atoms with E-state index in [1.165, 1.54) is 0 Å². The van der Waals surface area contributed by atoms with Crippen LogP contribution in [0.1, 0.15) is 18.1 Å². The fourth-order valence-electron chi connectivity index (χ4n) is 2.00. The predicted molar refractivity (Wildman–Crippen MR) is 64.5 cm³/mol. The third kappa shape index (κ3) is 1.97. The molecule has 1 aliphatic rings. The molecule has 1 unspecified atom stereocenters. The van der Waals surface area contributed by atoms with Gasteiger partial charge in [-0.15, -0.1) is 0 Å². The first kappa shape index (κ1) is 11.6. The largest absolute Gasteiger partial charge is 0.506 e. The van der Waals surface area contributed by atoms with E-state index in [4.69, 9.17) is 16.3 Å². The molecule has 2 rings (SSSR count). The van der Waals surface area contributed by atoms with E-state index in [-0.39, 0.29) is 11.9 Å². The van der Waals surface area contributed by atoms with Crippen molar-refractivity contribution in [3.63, 3.8) is 0 Å². The minimum absolute atomic E-state index is 0.145. The quantitative estimate of drug-likeness (QED) is 0.852. The number of rotatable bonds is 3. The van der Waals surface area contributed by atoms with E-state index in [9.17, 15) is 5.11 Å². The van der Waals surface area contributed by atoms with Gasteiger partial charge in [0.2, 0.25) is 0 Å². The Morgan fingerprint density at radius 1 is 1.62 bits per heavy atom. The Labute approximate surface area is 100 Å². The first-order valence-electron chi connectivity index (χ1n) is 5.48. The number of halogens is 1. The van der Waals surface area contributed by atoms with E-state index in [0.29, 0.717) is 5.02 Å². The molecule has 2 N–H and O–H groups in total. The Hall–Kier alpha value is -0.930. The zero-order valence-electron chi connectivity index (χ0n) is 9.51. The van der Waals surface area contributed by atoms with Gasteiger partial charge >= 0.3 is 0 Å². The van der Waals surface area contributed by atoms with Crippen molar-refractivity contribution in [1.29, 1.82) is 0 Å². The van der Waals surface area contributed by atoms with Gasteiger partial charge in [0.1, 0.15) is 17.6 Å². The van der Waals surface area contributed by atoms with Crippen LogP contribution in [0.2, 0.25) is 5.02 Å². The molecule has 16 heavy (non-hydrogen) atoms. The molecule has 0 bridgehead atoms. The minimum atomic E-state index is 0.145. The van der Waals surface area contributed by atoms with E-state index in [1.807, 2.05) is 20.0 Å². The summed E-state index contributed by atoms with van der Waals surface area (Å²) in [4.78, 5) is 0. The molecular formula is C12H16ClNO2. The Balaban J connectivity index is 2.36. The molecule has 0 spiro atoms. The molecule has 1 atom stereocenters. The molecular weight excluding hydrogens is 226 g/mol. The van der Waals surface area contributed by atoms with Crippen LogP contribution in [0.3, 0.4) is 0 Å². The molecule has 0 saturated carbocycles. The fourth-order valence-corrected chi connectivity index (χ4v) is 2.29. The van der Waals surface area contributed by atoms with Crippen LogP contribution in [0.15, 0.2) is 6.07 Å². The molecule has 0 saturated heterocycles. The van der Waals surface area contributed by atoms with Gasteiger partial charge in [0.05, 0.1) is 5.02 Å². The van der Waals surface area contributed by atoms with Crippen LogP contribution in [-0.4, -0.2) is 24.8 Å². The number of fused-ring (bicyclic) bond motifs is 1. The van der Waals surface area contributed by atoms with E-state index < -0.39 is 0 Å². The smallest absolute Gasteiger partial charge is 0.137 e. The van der Waals surface area contributed by atoms with Gasteiger partial charge in [-0.05, 0) is 33.0 Å². The van der Waals surface area contributed by atoms with Crippen LogP contribution in [0.5, 0.6) is 11.5 Å². The normalized spacial score (nSPS) is 18.3. The number of benzene rings is 1. The molecule has 0 amide bonds. The first-order valence-corrected chi connectivity index (χ1v) is 5.85. The van der Waals surface area contributed by atoms with Crippen LogP contribution in [0.25, 0.3) is 0 Å². The lowest BCUT2D eigenvalue weighted by atomic mass is 10.0. The minimum Gasteiger partial charge on any atom is -0.506 e. The van der Waals surface area contributed by atoms with Crippen molar-refractivity contribution in [2.45, 2.75) is 25.9 Å². The molecule has 3 nitrogen and oxygen atoms in total. The lowest BCUT2D eigenvalue weighted by Gasteiger charge is -2.10.